The molecule has 0 aromatic heterocycles. The fourth-order valence-corrected chi connectivity index (χ4v) is 1.14. The van der Waals surface area contributed by atoms with E-state index in [9.17, 15) is 0 Å². The molecule has 0 spiro atoms. The minimum atomic E-state index is -0.574. The molecule has 3 nitrogen and oxygen atoms in total. The van der Waals surface area contributed by atoms with Gasteiger partial charge in [-0.05, 0) is 0 Å². The zero-order chi connectivity index (χ0) is 6.85. The van der Waals surface area contributed by atoms with Crippen LogP contribution in [0.15, 0.2) is 0 Å². The normalized spacial score (nSPS) is 43.7. The Balaban J connectivity index is 2.35. The Morgan fingerprint density at radius 2 is 1.67 bits per heavy atom. The average molecular weight is 132 g/mol. The molecule has 0 aromatic rings. The lowest BCUT2D eigenvalue weighted by molar-refractivity contribution is 0.0438. The van der Waals surface area contributed by atoms with Crippen molar-refractivity contribution in [2.24, 2.45) is 0 Å². The fraction of sp³-hybridized carbons (Fsp3) is 1.00. The summed E-state index contributed by atoms with van der Waals surface area (Å²) in [5.41, 5.74) is 0. The second-order valence-corrected chi connectivity index (χ2v) is 2.46. The van der Waals surface area contributed by atoms with E-state index in [2.05, 4.69) is 0 Å². The third kappa shape index (κ3) is 1.41. The zero-order valence-corrected chi connectivity index (χ0v) is 5.45. The third-order valence-corrected chi connectivity index (χ3v) is 1.79. The third-order valence-electron chi connectivity index (χ3n) is 1.79. The standard InChI is InChI=1S/C6H12O3/c1-9-4-2-5(7)6(8)3-4/h4-8H,2-3H2,1H3. The Morgan fingerprint density at radius 3 is 1.89 bits per heavy atom. The minimum Gasteiger partial charge on any atom is -0.390 e. The molecule has 0 aliphatic heterocycles. The maximum absolute atomic E-state index is 8.97. The average Bonchev–Trinajstić information content (AvgIpc) is 2.13. The molecule has 0 bridgehead atoms. The highest BCUT2D eigenvalue weighted by Crippen LogP contribution is 2.21. The molecule has 1 aliphatic rings. The first-order valence-electron chi connectivity index (χ1n) is 3.13. The summed E-state index contributed by atoms with van der Waals surface area (Å²) in [6, 6.07) is 0. The van der Waals surface area contributed by atoms with E-state index in [-0.39, 0.29) is 6.10 Å². The summed E-state index contributed by atoms with van der Waals surface area (Å²) >= 11 is 0. The molecule has 1 fully saturated rings. The van der Waals surface area contributed by atoms with Crippen LogP contribution in [0.5, 0.6) is 0 Å². The molecule has 0 radical (unpaired) electrons. The van der Waals surface area contributed by atoms with Crippen molar-refractivity contribution in [1.82, 2.24) is 0 Å². The van der Waals surface area contributed by atoms with Crippen molar-refractivity contribution in [3.8, 4) is 0 Å². The monoisotopic (exact) mass is 132 g/mol. The van der Waals surface area contributed by atoms with Crippen LogP contribution in [0.1, 0.15) is 12.8 Å². The molecule has 0 saturated heterocycles. The summed E-state index contributed by atoms with van der Waals surface area (Å²) in [5, 5.41) is 17.9. The van der Waals surface area contributed by atoms with Crippen LogP contribution >= 0.6 is 0 Å². The largest absolute Gasteiger partial charge is 0.390 e. The van der Waals surface area contributed by atoms with Gasteiger partial charge in [-0.2, -0.15) is 0 Å². The molecule has 0 aromatic carbocycles. The summed E-state index contributed by atoms with van der Waals surface area (Å²) < 4.78 is 4.93. The van der Waals surface area contributed by atoms with Crippen LogP contribution < -0.4 is 0 Å². The van der Waals surface area contributed by atoms with E-state index in [0.29, 0.717) is 12.8 Å². The van der Waals surface area contributed by atoms with Crippen molar-refractivity contribution >= 4 is 0 Å². The van der Waals surface area contributed by atoms with Crippen molar-refractivity contribution in [2.45, 2.75) is 31.2 Å². The molecule has 2 N–H and O–H groups in total. The first-order chi connectivity index (χ1) is 4.24. The lowest BCUT2D eigenvalue weighted by Gasteiger charge is -2.03. The van der Waals surface area contributed by atoms with E-state index < -0.39 is 12.2 Å². The highest BCUT2D eigenvalue weighted by molar-refractivity contribution is 4.82. The number of methoxy groups -OCH3 is 1. The summed E-state index contributed by atoms with van der Waals surface area (Å²) in [7, 11) is 1.59. The van der Waals surface area contributed by atoms with Crippen LogP contribution in [0.4, 0.5) is 0 Å². The highest BCUT2D eigenvalue weighted by Gasteiger charge is 2.30. The number of aliphatic hydroxyl groups excluding tert-OH is 2. The lowest BCUT2D eigenvalue weighted by Crippen LogP contribution is -2.17. The first kappa shape index (κ1) is 6.99. The van der Waals surface area contributed by atoms with Gasteiger partial charge in [-0.15, -0.1) is 0 Å². The van der Waals surface area contributed by atoms with Gasteiger partial charge in [-0.3, -0.25) is 0 Å². The molecule has 0 amide bonds. The van der Waals surface area contributed by atoms with Gasteiger partial charge >= 0.3 is 0 Å². The van der Waals surface area contributed by atoms with Gasteiger partial charge < -0.3 is 14.9 Å². The Bertz CT molecular complexity index is 84.3. The molecular weight excluding hydrogens is 120 g/mol. The van der Waals surface area contributed by atoms with E-state index in [4.69, 9.17) is 14.9 Å². The number of hydrogen-bond donors (Lipinski definition) is 2. The Kier molecular flexibility index (Phi) is 2.05. The highest BCUT2D eigenvalue weighted by atomic mass is 16.5. The second kappa shape index (κ2) is 2.64. The maximum Gasteiger partial charge on any atom is 0.0824 e. The molecule has 9 heavy (non-hydrogen) atoms. The van der Waals surface area contributed by atoms with Crippen molar-refractivity contribution in [1.29, 1.82) is 0 Å². The van der Waals surface area contributed by atoms with Gasteiger partial charge in [0.15, 0.2) is 0 Å². The summed E-state index contributed by atoms with van der Waals surface area (Å²) in [6.07, 6.45) is 0.0369. The van der Waals surface area contributed by atoms with Gasteiger partial charge in [0.25, 0.3) is 0 Å². The van der Waals surface area contributed by atoms with Crippen LogP contribution in [-0.2, 0) is 4.74 Å². The molecule has 3 heteroatoms. The molecule has 1 aliphatic carbocycles. The van der Waals surface area contributed by atoms with Crippen LogP contribution in [0.2, 0.25) is 0 Å². The van der Waals surface area contributed by atoms with Crippen LogP contribution in [0, 0.1) is 0 Å². The van der Waals surface area contributed by atoms with Gasteiger partial charge in [0.2, 0.25) is 0 Å². The predicted molar refractivity (Wildman–Crippen MR) is 32.0 cm³/mol. The van der Waals surface area contributed by atoms with Crippen molar-refractivity contribution in [3.05, 3.63) is 0 Å². The molecule has 2 unspecified atom stereocenters. The van der Waals surface area contributed by atoms with Crippen LogP contribution in [0.3, 0.4) is 0 Å². The number of aliphatic hydroxyl groups is 2. The van der Waals surface area contributed by atoms with E-state index in [0.717, 1.165) is 0 Å². The summed E-state index contributed by atoms with van der Waals surface area (Å²) in [6.45, 7) is 0. The van der Waals surface area contributed by atoms with Gasteiger partial charge in [-0.25, -0.2) is 0 Å². The molecule has 1 rings (SSSR count). The van der Waals surface area contributed by atoms with Gasteiger partial charge in [-0.1, -0.05) is 0 Å². The predicted octanol–water partition coefficient (Wildman–Crippen LogP) is -0.483. The van der Waals surface area contributed by atoms with Crippen molar-refractivity contribution in [2.75, 3.05) is 7.11 Å². The van der Waals surface area contributed by atoms with E-state index in [1.54, 1.807) is 7.11 Å². The zero-order valence-electron chi connectivity index (χ0n) is 5.45. The van der Waals surface area contributed by atoms with E-state index in [1.165, 1.54) is 0 Å². The quantitative estimate of drug-likeness (QED) is 0.506. The summed E-state index contributed by atoms with van der Waals surface area (Å²) in [5.74, 6) is 0. The summed E-state index contributed by atoms with van der Waals surface area (Å²) in [4.78, 5) is 0. The minimum absolute atomic E-state index is 0.0509. The Morgan fingerprint density at radius 1 is 1.22 bits per heavy atom. The van der Waals surface area contributed by atoms with Crippen LogP contribution in [-0.4, -0.2) is 35.6 Å². The molecule has 54 valence electrons. The fourth-order valence-electron chi connectivity index (χ4n) is 1.14. The van der Waals surface area contributed by atoms with Crippen LogP contribution in [0.25, 0.3) is 0 Å². The maximum atomic E-state index is 8.97. The lowest BCUT2D eigenvalue weighted by atomic mass is 10.3. The second-order valence-electron chi connectivity index (χ2n) is 2.46. The Hall–Kier alpha value is -0.120. The van der Waals surface area contributed by atoms with E-state index >= 15 is 0 Å². The molecular formula is C6H12O3. The number of ether oxygens (including phenoxy) is 1. The smallest absolute Gasteiger partial charge is 0.0824 e. The van der Waals surface area contributed by atoms with Gasteiger partial charge in [0, 0.05) is 20.0 Å². The first-order valence-corrected chi connectivity index (χ1v) is 3.13. The molecule has 2 atom stereocenters. The van der Waals surface area contributed by atoms with E-state index in [1.807, 2.05) is 0 Å². The SMILES string of the molecule is COC1CC(O)C(O)C1. The molecule has 0 heterocycles. The molecule has 1 saturated carbocycles. The van der Waals surface area contributed by atoms with Gasteiger partial charge in [0.1, 0.15) is 0 Å². The van der Waals surface area contributed by atoms with Crippen molar-refractivity contribution in [3.63, 3.8) is 0 Å². The topological polar surface area (TPSA) is 49.7 Å². The Labute approximate surface area is 54.3 Å². The number of hydrogen-bond acceptors (Lipinski definition) is 3. The number of rotatable bonds is 1. The van der Waals surface area contributed by atoms with Gasteiger partial charge in [0.05, 0.1) is 18.3 Å². The van der Waals surface area contributed by atoms with Crippen molar-refractivity contribution < 1.29 is 14.9 Å².